The fraction of sp³-hybridized carbons (Fsp3) is 0.538. The quantitative estimate of drug-likeness (QED) is 0.913. The van der Waals surface area contributed by atoms with E-state index in [1.54, 1.807) is 0 Å². The van der Waals surface area contributed by atoms with Crippen LogP contribution in [0.4, 0.5) is 0 Å². The first-order valence-corrected chi connectivity index (χ1v) is 6.83. The molecule has 17 heavy (non-hydrogen) atoms. The van der Waals surface area contributed by atoms with Crippen LogP contribution in [0, 0.1) is 0 Å². The normalized spacial score (nSPS) is 20.8. The van der Waals surface area contributed by atoms with Crippen molar-refractivity contribution >= 4 is 15.9 Å². The van der Waals surface area contributed by atoms with Gasteiger partial charge in [-0.15, -0.1) is 0 Å². The SMILES string of the molecule is NC1(Cc2ccc(Br)c3c2OCCCO3)CC1. The van der Waals surface area contributed by atoms with Gasteiger partial charge < -0.3 is 15.2 Å². The Kier molecular flexibility index (Phi) is 2.79. The zero-order chi connectivity index (χ0) is 11.9. The Morgan fingerprint density at radius 1 is 1.18 bits per heavy atom. The summed E-state index contributed by atoms with van der Waals surface area (Å²) in [6, 6.07) is 4.11. The summed E-state index contributed by atoms with van der Waals surface area (Å²) >= 11 is 3.51. The lowest BCUT2D eigenvalue weighted by Crippen LogP contribution is -2.24. The van der Waals surface area contributed by atoms with E-state index in [0.29, 0.717) is 13.2 Å². The van der Waals surface area contributed by atoms with Crippen LogP contribution in [0.15, 0.2) is 16.6 Å². The van der Waals surface area contributed by atoms with Gasteiger partial charge >= 0.3 is 0 Å². The Labute approximate surface area is 109 Å². The van der Waals surface area contributed by atoms with E-state index in [1.807, 2.05) is 6.07 Å². The monoisotopic (exact) mass is 297 g/mol. The third-order valence-corrected chi connectivity index (χ3v) is 3.99. The van der Waals surface area contributed by atoms with Crippen LogP contribution < -0.4 is 15.2 Å². The minimum Gasteiger partial charge on any atom is -0.489 e. The number of fused-ring (bicyclic) bond motifs is 1. The smallest absolute Gasteiger partial charge is 0.175 e. The zero-order valence-electron chi connectivity index (χ0n) is 9.67. The molecule has 0 bridgehead atoms. The predicted molar refractivity (Wildman–Crippen MR) is 69.6 cm³/mol. The molecule has 92 valence electrons. The highest BCUT2D eigenvalue weighted by Gasteiger charge is 2.39. The van der Waals surface area contributed by atoms with Crippen LogP contribution in [0.1, 0.15) is 24.8 Å². The molecule has 2 N–H and O–H groups in total. The zero-order valence-corrected chi connectivity index (χ0v) is 11.3. The summed E-state index contributed by atoms with van der Waals surface area (Å²) in [5, 5.41) is 0. The Morgan fingerprint density at radius 3 is 2.59 bits per heavy atom. The van der Waals surface area contributed by atoms with E-state index in [4.69, 9.17) is 15.2 Å². The van der Waals surface area contributed by atoms with Gasteiger partial charge in [0, 0.05) is 12.0 Å². The van der Waals surface area contributed by atoms with E-state index >= 15 is 0 Å². The largest absolute Gasteiger partial charge is 0.489 e. The number of halogens is 1. The molecule has 4 heteroatoms. The van der Waals surface area contributed by atoms with Gasteiger partial charge in [-0.05, 0) is 46.8 Å². The molecule has 0 saturated heterocycles. The first-order valence-electron chi connectivity index (χ1n) is 6.04. The molecule has 3 rings (SSSR count). The number of rotatable bonds is 2. The molecule has 1 saturated carbocycles. The van der Waals surface area contributed by atoms with Gasteiger partial charge in [0.05, 0.1) is 17.7 Å². The molecule has 1 aromatic rings. The first-order chi connectivity index (χ1) is 8.18. The van der Waals surface area contributed by atoms with Crippen LogP contribution in [0.3, 0.4) is 0 Å². The number of nitrogens with two attached hydrogens (primary N) is 1. The summed E-state index contributed by atoms with van der Waals surface area (Å²) < 4.78 is 12.5. The van der Waals surface area contributed by atoms with Crippen molar-refractivity contribution in [2.24, 2.45) is 5.73 Å². The van der Waals surface area contributed by atoms with Gasteiger partial charge in [0.2, 0.25) is 0 Å². The van der Waals surface area contributed by atoms with Crippen molar-refractivity contribution in [2.45, 2.75) is 31.2 Å². The third kappa shape index (κ3) is 2.29. The van der Waals surface area contributed by atoms with Crippen LogP contribution >= 0.6 is 15.9 Å². The summed E-state index contributed by atoms with van der Waals surface area (Å²) in [7, 11) is 0. The van der Waals surface area contributed by atoms with Gasteiger partial charge in [0.1, 0.15) is 0 Å². The van der Waals surface area contributed by atoms with Gasteiger partial charge in [-0.1, -0.05) is 6.07 Å². The number of hydrogen-bond acceptors (Lipinski definition) is 3. The highest BCUT2D eigenvalue weighted by atomic mass is 79.9. The van der Waals surface area contributed by atoms with Gasteiger partial charge in [-0.2, -0.15) is 0 Å². The van der Waals surface area contributed by atoms with Gasteiger partial charge in [0.15, 0.2) is 11.5 Å². The molecule has 0 spiro atoms. The highest BCUT2D eigenvalue weighted by Crippen LogP contribution is 2.44. The summed E-state index contributed by atoms with van der Waals surface area (Å²) in [4.78, 5) is 0. The van der Waals surface area contributed by atoms with Crippen molar-refractivity contribution in [3.8, 4) is 11.5 Å². The van der Waals surface area contributed by atoms with E-state index in [1.165, 1.54) is 5.56 Å². The second-order valence-electron chi connectivity index (χ2n) is 4.95. The molecule has 2 aliphatic rings. The molecule has 0 amide bonds. The van der Waals surface area contributed by atoms with E-state index < -0.39 is 0 Å². The van der Waals surface area contributed by atoms with E-state index in [9.17, 15) is 0 Å². The van der Waals surface area contributed by atoms with Crippen LogP contribution in [0.5, 0.6) is 11.5 Å². The molecule has 0 aromatic heterocycles. The fourth-order valence-electron chi connectivity index (χ4n) is 2.14. The maximum Gasteiger partial charge on any atom is 0.175 e. The van der Waals surface area contributed by atoms with Crippen molar-refractivity contribution < 1.29 is 9.47 Å². The lowest BCUT2D eigenvalue weighted by molar-refractivity contribution is 0.295. The molecule has 0 radical (unpaired) electrons. The lowest BCUT2D eigenvalue weighted by atomic mass is 10.0. The topological polar surface area (TPSA) is 44.5 Å². The third-order valence-electron chi connectivity index (χ3n) is 3.36. The van der Waals surface area contributed by atoms with Crippen molar-refractivity contribution in [1.82, 2.24) is 0 Å². The van der Waals surface area contributed by atoms with Gasteiger partial charge in [-0.3, -0.25) is 0 Å². The Hall–Kier alpha value is -0.740. The van der Waals surface area contributed by atoms with Crippen molar-refractivity contribution in [2.75, 3.05) is 13.2 Å². The van der Waals surface area contributed by atoms with E-state index in [2.05, 4.69) is 22.0 Å². The highest BCUT2D eigenvalue weighted by molar-refractivity contribution is 9.10. The molecular formula is C13H16BrNO2. The molecule has 1 aliphatic carbocycles. The van der Waals surface area contributed by atoms with Gasteiger partial charge in [-0.25, -0.2) is 0 Å². The molecule has 1 aliphatic heterocycles. The second-order valence-corrected chi connectivity index (χ2v) is 5.81. The average molecular weight is 298 g/mol. The Bertz CT molecular complexity index is 443. The molecule has 1 aromatic carbocycles. The molecular weight excluding hydrogens is 282 g/mol. The standard InChI is InChI=1S/C13H16BrNO2/c14-10-3-2-9(8-13(15)4-5-13)11-12(10)17-7-1-6-16-11/h2-3H,1,4-8,15H2. The van der Waals surface area contributed by atoms with Crippen LogP contribution in [-0.4, -0.2) is 18.8 Å². The van der Waals surface area contributed by atoms with Crippen molar-refractivity contribution in [3.63, 3.8) is 0 Å². The van der Waals surface area contributed by atoms with Gasteiger partial charge in [0.25, 0.3) is 0 Å². The average Bonchev–Trinajstić information content (AvgIpc) is 3.06. The second kappa shape index (κ2) is 4.18. The Morgan fingerprint density at radius 2 is 1.88 bits per heavy atom. The minimum atomic E-state index is -0.00271. The van der Waals surface area contributed by atoms with Crippen LogP contribution in [0.25, 0.3) is 0 Å². The number of hydrogen-bond donors (Lipinski definition) is 1. The number of benzene rings is 1. The van der Waals surface area contributed by atoms with Crippen LogP contribution in [-0.2, 0) is 6.42 Å². The minimum absolute atomic E-state index is 0.00271. The maximum atomic E-state index is 6.18. The lowest BCUT2D eigenvalue weighted by Gasteiger charge is -2.16. The molecule has 1 fully saturated rings. The number of ether oxygens (including phenoxy) is 2. The van der Waals surface area contributed by atoms with Crippen molar-refractivity contribution in [3.05, 3.63) is 22.2 Å². The van der Waals surface area contributed by atoms with E-state index in [-0.39, 0.29) is 5.54 Å². The summed E-state index contributed by atoms with van der Waals surface area (Å²) in [6.45, 7) is 1.43. The molecule has 3 nitrogen and oxygen atoms in total. The first kappa shape index (κ1) is 11.4. The molecule has 0 unspecified atom stereocenters. The molecule has 0 atom stereocenters. The Balaban J connectivity index is 1.97. The molecule has 1 heterocycles. The summed E-state index contributed by atoms with van der Waals surface area (Å²) in [6.07, 6.45) is 4.03. The maximum absolute atomic E-state index is 6.18. The van der Waals surface area contributed by atoms with Crippen LogP contribution in [0.2, 0.25) is 0 Å². The summed E-state index contributed by atoms with van der Waals surface area (Å²) in [5.74, 6) is 1.72. The predicted octanol–water partition coefficient (Wildman–Crippen LogP) is 2.64. The van der Waals surface area contributed by atoms with E-state index in [0.717, 1.165) is 41.7 Å². The van der Waals surface area contributed by atoms with Crippen molar-refractivity contribution in [1.29, 1.82) is 0 Å². The fourth-order valence-corrected chi connectivity index (χ4v) is 2.56. The summed E-state index contributed by atoms with van der Waals surface area (Å²) in [5.41, 5.74) is 7.35.